The number of benzene rings is 1. The number of aryl methyl sites for hydroxylation is 1. The van der Waals surface area contributed by atoms with Crippen LogP contribution in [0.1, 0.15) is 57.2 Å². The van der Waals surface area contributed by atoms with Gasteiger partial charge in [-0.1, -0.05) is 33.8 Å². The van der Waals surface area contributed by atoms with Gasteiger partial charge in [0.15, 0.2) is 0 Å². The first-order valence-corrected chi connectivity index (χ1v) is 9.90. The molecule has 0 N–H and O–H groups in total. The van der Waals surface area contributed by atoms with Crippen LogP contribution in [-0.2, 0) is 30.2 Å². The molecule has 138 valence electrons. The van der Waals surface area contributed by atoms with E-state index >= 15 is 0 Å². The van der Waals surface area contributed by atoms with Crippen LogP contribution in [0.25, 0.3) is 0 Å². The number of hydrogen-bond donors (Lipinski definition) is 0. The summed E-state index contributed by atoms with van der Waals surface area (Å²) in [6, 6.07) is 3.74. The number of rotatable bonds is 1. The maximum Gasteiger partial charge on any atom is 0.385 e. The summed E-state index contributed by atoms with van der Waals surface area (Å²) in [4.78, 5) is 11.1. The highest BCUT2D eigenvalue weighted by molar-refractivity contribution is 7.96. The summed E-state index contributed by atoms with van der Waals surface area (Å²) in [5.74, 6) is 5.78. The number of hydrogen-bond acceptors (Lipinski definition) is 4. The Morgan fingerprint density at radius 2 is 1.58 bits per heavy atom. The fourth-order valence-electron chi connectivity index (χ4n) is 3.27. The van der Waals surface area contributed by atoms with Gasteiger partial charge in [-0.3, -0.25) is 0 Å². The zero-order valence-electron chi connectivity index (χ0n) is 16.1. The summed E-state index contributed by atoms with van der Waals surface area (Å²) in [5, 5.41) is 2.19. The van der Waals surface area contributed by atoms with Gasteiger partial charge in [-0.05, 0) is 59.3 Å². The second-order valence-electron chi connectivity index (χ2n) is 7.90. The molecule has 2 rings (SSSR count). The molecule has 0 radical (unpaired) electrons. The molecule has 1 aromatic rings. The molecule has 5 heteroatoms. The van der Waals surface area contributed by atoms with Crippen LogP contribution < -0.4 is 0 Å². The standard InChI is InChI=1S/C21H24O4S/c1-15-13-16-17(21(4,5)11-10-20(16,2)3)14-18(15)26(23,24)12-8-7-9-19(22)25-6/h13-14H,10-11H2,1-6H3. The molecule has 0 aliphatic heterocycles. The molecule has 26 heavy (non-hydrogen) atoms. The van der Waals surface area contributed by atoms with Crippen LogP contribution in [0.15, 0.2) is 17.0 Å². The molecular formula is C21H24O4S. The molecule has 0 fully saturated rings. The second-order valence-corrected chi connectivity index (χ2v) is 9.55. The van der Waals surface area contributed by atoms with Crippen molar-refractivity contribution < 1.29 is 17.9 Å². The maximum atomic E-state index is 12.7. The van der Waals surface area contributed by atoms with Crippen molar-refractivity contribution in [2.24, 2.45) is 0 Å². The Bertz CT molecular complexity index is 975. The third-order valence-corrected chi connectivity index (χ3v) is 6.43. The molecule has 0 saturated heterocycles. The van der Waals surface area contributed by atoms with Crippen molar-refractivity contribution in [1.29, 1.82) is 0 Å². The fraction of sp³-hybridized carbons (Fsp3) is 0.476. The number of ether oxygens (including phenoxy) is 1. The Hall–Kier alpha value is -2.24. The third-order valence-electron chi connectivity index (χ3n) is 5.04. The molecule has 0 saturated carbocycles. The minimum atomic E-state index is -3.83. The minimum absolute atomic E-state index is 0.00950. The van der Waals surface area contributed by atoms with E-state index in [1.165, 1.54) is 12.7 Å². The lowest BCUT2D eigenvalue weighted by Gasteiger charge is -2.42. The third kappa shape index (κ3) is 3.94. The van der Waals surface area contributed by atoms with Crippen LogP contribution in [0.4, 0.5) is 0 Å². The van der Waals surface area contributed by atoms with Gasteiger partial charge in [0.1, 0.15) is 0 Å². The second kappa shape index (κ2) is 6.82. The lowest BCUT2D eigenvalue weighted by Crippen LogP contribution is -2.34. The lowest BCUT2D eigenvalue weighted by atomic mass is 9.63. The zero-order valence-corrected chi connectivity index (χ0v) is 16.9. The van der Waals surface area contributed by atoms with Crippen LogP contribution >= 0.6 is 0 Å². The van der Waals surface area contributed by atoms with Gasteiger partial charge in [-0.15, -0.1) is 0 Å². The first kappa shape index (κ1) is 20.1. The molecule has 1 aromatic carbocycles. The topological polar surface area (TPSA) is 60.4 Å². The fourth-order valence-corrected chi connectivity index (χ4v) is 4.32. The monoisotopic (exact) mass is 372 g/mol. The number of carbonyl (C=O) groups is 1. The van der Waals surface area contributed by atoms with Crippen LogP contribution in [0.3, 0.4) is 0 Å². The van der Waals surface area contributed by atoms with Gasteiger partial charge in [0.25, 0.3) is 0 Å². The Balaban J connectivity index is 2.56. The molecular weight excluding hydrogens is 348 g/mol. The van der Waals surface area contributed by atoms with Gasteiger partial charge in [0.2, 0.25) is 9.84 Å². The van der Waals surface area contributed by atoms with E-state index in [2.05, 4.69) is 55.4 Å². The lowest BCUT2D eigenvalue weighted by molar-refractivity contribution is -0.133. The first-order chi connectivity index (χ1) is 11.9. The SMILES string of the molecule is COC(=O)C#CC#CS(=O)(=O)c1cc2c(cc1C)C(C)(C)CCC2(C)C. The normalized spacial score (nSPS) is 17.0. The highest BCUT2D eigenvalue weighted by Crippen LogP contribution is 2.46. The van der Waals surface area contributed by atoms with Crippen molar-refractivity contribution in [2.75, 3.05) is 7.11 Å². The summed E-state index contributed by atoms with van der Waals surface area (Å²) in [7, 11) is -2.64. The van der Waals surface area contributed by atoms with Crippen LogP contribution in [0, 0.1) is 29.9 Å². The van der Waals surface area contributed by atoms with Crippen LogP contribution in [-0.4, -0.2) is 21.5 Å². The summed E-state index contributed by atoms with van der Waals surface area (Å²) in [6.45, 7) is 10.4. The summed E-state index contributed by atoms with van der Waals surface area (Å²) >= 11 is 0. The van der Waals surface area contributed by atoms with Gasteiger partial charge in [0, 0.05) is 17.1 Å². The summed E-state index contributed by atoms with van der Waals surface area (Å²) in [6.07, 6.45) is 2.05. The van der Waals surface area contributed by atoms with Gasteiger partial charge in [-0.25, -0.2) is 13.2 Å². The van der Waals surface area contributed by atoms with Crippen molar-refractivity contribution in [2.45, 2.75) is 63.2 Å². The first-order valence-electron chi connectivity index (χ1n) is 8.42. The average Bonchev–Trinajstić information content (AvgIpc) is 2.55. The molecule has 0 aromatic heterocycles. The Morgan fingerprint density at radius 3 is 2.12 bits per heavy atom. The molecule has 1 aliphatic carbocycles. The van der Waals surface area contributed by atoms with E-state index in [9.17, 15) is 13.2 Å². The Labute approximate surface area is 156 Å². The van der Waals surface area contributed by atoms with E-state index in [1.807, 2.05) is 6.07 Å². The number of fused-ring (bicyclic) bond motifs is 1. The number of sulfone groups is 1. The van der Waals surface area contributed by atoms with Crippen LogP contribution in [0.2, 0.25) is 0 Å². The predicted molar refractivity (Wildman–Crippen MR) is 101 cm³/mol. The predicted octanol–water partition coefficient (Wildman–Crippen LogP) is 3.26. The van der Waals surface area contributed by atoms with E-state index in [4.69, 9.17) is 0 Å². The van der Waals surface area contributed by atoms with E-state index < -0.39 is 15.8 Å². The minimum Gasteiger partial charge on any atom is -0.459 e. The van der Waals surface area contributed by atoms with Crippen LogP contribution in [0.5, 0.6) is 0 Å². The largest absolute Gasteiger partial charge is 0.459 e. The molecule has 0 unspecified atom stereocenters. The van der Waals surface area contributed by atoms with Gasteiger partial charge >= 0.3 is 5.97 Å². The molecule has 0 heterocycles. The maximum absolute atomic E-state index is 12.7. The van der Waals surface area contributed by atoms with Crippen molar-refractivity contribution in [3.05, 3.63) is 28.8 Å². The van der Waals surface area contributed by atoms with E-state index in [1.54, 1.807) is 13.0 Å². The van der Waals surface area contributed by atoms with Crippen molar-refractivity contribution in [1.82, 2.24) is 0 Å². The quantitative estimate of drug-likeness (QED) is 0.329. The molecule has 4 nitrogen and oxygen atoms in total. The highest BCUT2D eigenvalue weighted by atomic mass is 32.2. The smallest absolute Gasteiger partial charge is 0.385 e. The van der Waals surface area contributed by atoms with E-state index in [0.29, 0.717) is 5.56 Å². The van der Waals surface area contributed by atoms with E-state index in [-0.39, 0.29) is 15.7 Å². The molecule has 0 amide bonds. The van der Waals surface area contributed by atoms with Gasteiger partial charge in [-0.2, -0.15) is 0 Å². The number of carbonyl (C=O) groups excluding carboxylic acids is 1. The Kier molecular flexibility index (Phi) is 5.26. The molecule has 0 atom stereocenters. The van der Waals surface area contributed by atoms with Crippen molar-refractivity contribution >= 4 is 15.8 Å². The molecule has 0 spiro atoms. The molecule has 1 aliphatic rings. The summed E-state index contributed by atoms with van der Waals surface area (Å²) in [5.41, 5.74) is 2.84. The van der Waals surface area contributed by atoms with Crippen molar-refractivity contribution in [3.8, 4) is 23.0 Å². The van der Waals surface area contributed by atoms with Gasteiger partial charge in [0.05, 0.1) is 12.0 Å². The van der Waals surface area contributed by atoms with E-state index in [0.717, 1.165) is 18.4 Å². The van der Waals surface area contributed by atoms with Gasteiger partial charge < -0.3 is 4.74 Å². The average molecular weight is 372 g/mol. The number of esters is 1. The Morgan fingerprint density at radius 1 is 1.04 bits per heavy atom. The number of methoxy groups -OCH3 is 1. The van der Waals surface area contributed by atoms with Crippen molar-refractivity contribution in [3.63, 3.8) is 0 Å². The molecule has 0 bridgehead atoms. The summed E-state index contributed by atoms with van der Waals surface area (Å²) < 4.78 is 29.7. The highest BCUT2D eigenvalue weighted by Gasteiger charge is 2.38. The zero-order chi connectivity index (χ0) is 19.8.